The van der Waals surface area contributed by atoms with Gasteiger partial charge < -0.3 is 4.74 Å². The van der Waals surface area contributed by atoms with Crippen LogP contribution in [-0.4, -0.2) is 12.4 Å². The van der Waals surface area contributed by atoms with Gasteiger partial charge in [-0.2, -0.15) is 0 Å². The van der Waals surface area contributed by atoms with Crippen LogP contribution in [0.5, 0.6) is 5.75 Å². The summed E-state index contributed by atoms with van der Waals surface area (Å²) in [5, 5.41) is 0.720. The van der Waals surface area contributed by atoms with Crippen molar-refractivity contribution in [3.63, 3.8) is 0 Å². The topological polar surface area (TPSA) is 26.3 Å². The number of carbonyl (C=O) groups excluding carboxylic acids is 1. The van der Waals surface area contributed by atoms with Crippen molar-refractivity contribution < 1.29 is 9.53 Å². The van der Waals surface area contributed by atoms with Crippen LogP contribution in [-0.2, 0) is 17.6 Å². The SMILES string of the molecule is CCC1CCCC(C(=O)Cc2cc(Cl)cc3c2OCC3)C1. The van der Waals surface area contributed by atoms with Gasteiger partial charge in [0, 0.05) is 29.3 Å². The van der Waals surface area contributed by atoms with Crippen molar-refractivity contribution in [1.82, 2.24) is 0 Å². The van der Waals surface area contributed by atoms with E-state index >= 15 is 0 Å². The van der Waals surface area contributed by atoms with Gasteiger partial charge in [0.2, 0.25) is 0 Å². The lowest BCUT2D eigenvalue weighted by Crippen LogP contribution is -2.24. The quantitative estimate of drug-likeness (QED) is 0.812. The number of rotatable bonds is 4. The maximum atomic E-state index is 12.6. The molecule has 1 fully saturated rings. The van der Waals surface area contributed by atoms with E-state index in [0.29, 0.717) is 18.8 Å². The van der Waals surface area contributed by atoms with Gasteiger partial charge in [0.25, 0.3) is 0 Å². The molecule has 0 radical (unpaired) electrons. The number of fused-ring (bicyclic) bond motifs is 1. The van der Waals surface area contributed by atoms with Gasteiger partial charge in [0.1, 0.15) is 11.5 Å². The lowest BCUT2D eigenvalue weighted by Gasteiger charge is -2.27. The van der Waals surface area contributed by atoms with Gasteiger partial charge in [0.05, 0.1) is 6.61 Å². The van der Waals surface area contributed by atoms with Gasteiger partial charge >= 0.3 is 0 Å². The van der Waals surface area contributed by atoms with Crippen LogP contribution in [0.25, 0.3) is 0 Å². The minimum atomic E-state index is 0.236. The molecule has 2 nitrogen and oxygen atoms in total. The molecule has 2 aliphatic rings. The Balaban J connectivity index is 1.73. The zero-order valence-corrected chi connectivity index (χ0v) is 13.4. The van der Waals surface area contributed by atoms with E-state index in [4.69, 9.17) is 16.3 Å². The highest BCUT2D eigenvalue weighted by atomic mass is 35.5. The second kappa shape index (κ2) is 6.39. The van der Waals surface area contributed by atoms with E-state index in [9.17, 15) is 4.79 Å². The van der Waals surface area contributed by atoms with E-state index < -0.39 is 0 Å². The first-order chi connectivity index (χ1) is 10.2. The number of ether oxygens (including phenoxy) is 1. The minimum Gasteiger partial charge on any atom is -0.493 e. The Labute approximate surface area is 131 Å². The molecule has 1 aromatic rings. The van der Waals surface area contributed by atoms with Gasteiger partial charge in [-0.05, 0) is 36.5 Å². The van der Waals surface area contributed by atoms with Crippen LogP contribution in [0, 0.1) is 11.8 Å². The number of ketones is 1. The van der Waals surface area contributed by atoms with Crippen LogP contribution >= 0.6 is 11.6 Å². The number of Topliss-reactive ketones (excluding diaryl/α,β-unsaturated/α-hetero) is 1. The lowest BCUT2D eigenvalue weighted by atomic mass is 9.77. The fourth-order valence-corrected chi connectivity index (χ4v) is 4.03. The zero-order chi connectivity index (χ0) is 14.8. The molecule has 0 amide bonds. The number of benzene rings is 1. The van der Waals surface area contributed by atoms with Crippen LogP contribution in [0.3, 0.4) is 0 Å². The van der Waals surface area contributed by atoms with Crippen molar-refractivity contribution in [2.45, 2.75) is 51.9 Å². The second-order valence-electron chi connectivity index (χ2n) is 6.43. The van der Waals surface area contributed by atoms with E-state index in [1.165, 1.54) is 19.3 Å². The van der Waals surface area contributed by atoms with Crippen LogP contribution in [0.1, 0.15) is 50.2 Å². The smallest absolute Gasteiger partial charge is 0.140 e. The van der Waals surface area contributed by atoms with E-state index in [1.807, 2.05) is 12.1 Å². The molecule has 0 aromatic heterocycles. The summed E-state index contributed by atoms with van der Waals surface area (Å²) in [6.45, 7) is 2.94. The summed E-state index contributed by atoms with van der Waals surface area (Å²) in [7, 11) is 0. The van der Waals surface area contributed by atoms with E-state index in [1.54, 1.807) is 0 Å². The normalized spacial score (nSPS) is 24.5. The predicted octanol–water partition coefficient (Wildman–Crippen LogP) is 4.60. The molecule has 2 unspecified atom stereocenters. The Hall–Kier alpha value is -1.02. The third-order valence-electron chi connectivity index (χ3n) is 5.01. The molecule has 1 aromatic carbocycles. The van der Waals surface area contributed by atoms with Crippen molar-refractivity contribution in [2.75, 3.05) is 6.61 Å². The maximum absolute atomic E-state index is 12.6. The Bertz CT molecular complexity index is 538. The Morgan fingerprint density at radius 1 is 1.38 bits per heavy atom. The summed E-state index contributed by atoms with van der Waals surface area (Å²) >= 11 is 6.18. The molecule has 3 heteroatoms. The van der Waals surface area contributed by atoms with Gasteiger partial charge in [-0.25, -0.2) is 0 Å². The molecule has 3 rings (SSSR count). The maximum Gasteiger partial charge on any atom is 0.140 e. The molecule has 0 spiro atoms. The second-order valence-corrected chi connectivity index (χ2v) is 6.87. The summed E-state index contributed by atoms with van der Waals surface area (Å²) in [6, 6.07) is 3.87. The Morgan fingerprint density at radius 3 is 3.05 bits per heavy atom. The summed E-state index contributed by atoms with van der Waals surface area (Å²) in [6.07, 6.45) is 7.18. The molecule has 114 valence electrons. The number of hydrogen-bond acceptors (Lipinski definition) is 2. The highest BCUT2D eigenvalue weighted by Gasteiger charge is 2.28. The minimum absolute atomic E-state index is 0.236. The van der Waals surface area contributed by atoms with Crippen molar-refractivity contribution in [3.05, 3.63) is 28.3 Å². The highest BCUT2D eigenvalue weighted by Crippen LogP contribution is 2.36. The van der Waals surface area contributed by atoms with Crippen molar-refractivity contribution >= 4 is 17.4 Å². The number of carbonyl (C=O) groups is 1. The molecule has 0 N–H and O–H groups in total. The lowest BCUT2D eigenvalue weighted by molar-refractivity contribution is -0.123. The van der Waals surface area contributed by atoms with E-state index in [2.05, 4.69) is 6.92 Å². The molecule has 0 saturated heterocycles. The fourth-order valence-electron chi connectivity index (χ4n) is 3.76. The van der Waals surface area contributed by atoms with Crippen molar-refractivity contribution in [3.8, 4) is 5.75 Å². The molecule has 2 atom stereocenters. The van der Waals surface area contributed by atoms with Gasteiger partial charge in [0.15, 0.2) is 0 Å². The molecule has 21 heavy (non-hydrogen) atoms. The average molecular weight is 307 g/mol. The van der Waals surface area contributed by atoms with Gasteiger partial charge in [-0.1, -0.05) is 37.8 Å². The molecular weight excluding hydrogens is 284 g/mol. The van der Waals surface area contributed by atoms with E-state index in [-0.39, 0.29) is 5.92 Å². The van der Waals surface area contributed by atoms with Gasteiger partial charge in [-0.15, -0.1) is 0 Å². The van der Waals surface area contributed by atoms with Crippen LogP contribution in [0.4, 0.5) is 0 Å². The number of hydrogen-bond donors (Lipinski definition) is 0. The Kier molecular flexibility index (Phi) is 4.54. The summed E-state index contributed by atoms with van der Waals surface area (Å²) in [5.74, 6) is 2.25. The molecular formula is C18H23ClO2. The van der Waals surface area contributed by atoms with Crippen LogP contribution < -0.4 is 4.74 Å². The molecule has 1 aliphatic heterocycles. The summed E-state index contributed by atoms with van der Waals surface area (Å²) < 4.78 is 5.70. The largest absolute Gasteiger partial charge is 0.493 e. The monoisotopic (exact) mass is 306 g/mol. The highest BCUT2D eigenvalue weighted by molar-refractivity contribution is 6.30. The van der Waals surface area contributed by atoms with Crippen molar-refractivity contribution in [2.24, 2.45) is 11.8 Å². The van der Waals surface area contributed by atoms with Crippen LogP contribution in [0.2, 0.25) is 5.02 Å². The first-order valence-corrected chi connectivity index (χ1v) is 8.52. The summed E-state index contributed by atoms with van der Waals surface area (Å²) in [4.78, 5) is 12.6. The molecule has 1 heterocycles. The number of halogens is 1. The average Bonchev–Trinajstić information content (AvgIpc) is 2.95. The third kappa shape index (κ3) is 3.26. The zero-order valence-electron chi connectivity index (χ0n) is 12.7. The van der Waals surface area contributed by atoms with Crippen molar-refractivity contribution in [1.29, 1.82) is 0 Å². The molecule has 1 saturated carbocycles. The first kappa shape index (κ1) is 14.9. The standard InChI is InChI=1S/C18H23ClO2/c1-2-12-4-3-5-13(8-12)17(20)11-15-10-16(19)9-14-6-7-21-18(14)15/h9-10,12-13H,2-8,11H2,1H3. The summed E-state index contributed by atoms with van der Waals surface area (Å²) in [5.41, 5.74) is 2.14. The third-order valence-corrected chi connectivity index (χ3v) is 5.22. The predicted molar refractivity (Wildman–Crippen MR) is 85.1 cm³/mol. The Morgan fingerprint density at radius 2 is 2.24 bits per heavy atom. The van der Waals surface area contributed by atoms with E-state index in [0.717, 1.165) is 47.1 Å². The first-order valence-electron chi connectivity index (χ1n) is 8.14. The van der Waals surface area contributed by atoms with Crippen LogP contribution in [0.15, 0.2) is 12.1 Å². The molecule has 1 aliphatic carbocycles. The van der Waals surface area contributed by atoms with Gasteiger partial charge in [-0.3, -0.25) is 4.79 Å². The fraction of sp³-hybridized carbons (Fsp3) is 0.611. The molecule has 0 bridgehead atoms.